The Hall–Kier alpha value is -1.50. The molecule has 0 amide bonds. The van der Waals surface area contributed by atoms with Crippen LogP contribution in [0.4, 0.5) is 13.2 Å². The lowest BCUT2D eigenvalue weighted by atomic mass is 10.1. The van der Waals surface area contributed by atoms with Gasteiger partial charge < -0.3 is 10.1 Å². The zero-order valence-corrected chi connectivity index (χ0v) is 9.69. The molecule has 3 nitrogen and oxygen atoms in total. The van der Waals surface area contributed by atoms with Crippen LogP contribution in [-0.2, 0) is 6.18 Å². The summed E-state index contributed by atoms with van der Waals surface area (Å²) in [4.78, 5) is 13.1. The van der Waals surface area contributed by atoms with Gasteiger partial charge in [0.2, 0.25) is 0 Å². The van der Waals surface area contributed by atoms with Gasteiger partial charge in [-0.25, -0.2) is 4.79 Å². The van der Waals surface area contributed by atoms with Crippen LogP contribution in [0.1, 0.15) is 16.1 Å². The van der Waals surface area contributed by atoms with Crippen LogP contribution in [0, 0.1) is 0 Å². The van der Waals surface area contributed by atoms with Crippen molar-refractivity contribution >= 4 is 32.8 Å². The second-order valence-electron chi connectivity index (χ2n) is 3.37. The SMILES string of the molecule is O=C(O)c1cc2c(C(F)(F)F)ccc(Br)c2[nH]1. The lowest BCUT2D eigenvalue weighted by Gasteiger charge is -2.08. The van der Waals surface area contributed by atoms with Crippen molar-refractivity contribution < 1.29 is 23.1 Å². The average Bonchev–Trinajstić information content (AvgIpc) is 2.61. The number of aromatic carboxylic acids is 1. The van der Waals surface area contributed by atoms with E-state index in [1.807, 2.05) is 0 Å². The fourth-order valence-corrected chi connectivity index (χ4v) is 1.99. The molecule has 0 aliphatic carbocycles. The Morgan fingerprint density at radius 2 is 2.00 bits per heavy atom. The molecule has 0 saturated carbocycles. The van der Waals surface area contributed by atoms with Gasteiger partial charge in [-0.15, -0.1) is 0 Å². The maximum Gasteiger partial charge on any atom is 0.417 e. The van der Waals surface area contributed by atoms with Crippen LogP contribution in [-0.4, -0.2) is 16.1 Å². The first-order valence-corrected chi connectivity index (χ1v) is 5.21. The topological polar surface area (TPSA) is 53.1 Å². The molecule has 1 aromatic heterocycles. The molecule has 1 aromatic carbocycles. The molecule has 0 aliphatic rings. The summed E-state index contributed by atoms with van der Waals surface area (Å²) in [5.74, 6) is -1.30. The minimum Gasteiger partial charge on any atom is -0.477 e. The van der Waals surface area contributed by atoms with Gasteiger partial charge in [0.1, 0.15) is 5.69 Å². The number of carboxylic acid groups (broad SMARTS) is 1. The van der Waals surface area contributed by atoms with E-state index >= 15 is 0 Å². The van der Waals surface area contributed by atoms with Crippen molar-refractivity contribution in [2.75, 3.05) is 0 Å². The van der Waals surface area contributed by atoms with E-state index in [-0.39, 0.29) is 16.6 Å². The summed E-state index contributed by atoms with van der Waals surface area (Å²) in [6.45, 7) is 0. The highest BCUT2D eigenvalue weighted by molar-refractivity contribution is 9.10. The second kappa shape index (κ2) is 3.76. The summed E-state index contributed by atoms with van der Waals surface area (Å²) in [5, 5.41) is 8.58. The highest BCUT2D eigenvalue weighted by Crippen LogP contribution is 2.37. The fraction of sp³-hybridized carbons (Fsp3) is 0.100. The Balaban J connectivity index is 2.81. The lowest BCUT2D eigenvalue weighted by molar-refractivity contribution is -0.136. The molecule has 2 rings (SSSR count). The molecule has 0 fully saturated rings. The monoisotopic (exact) mass is 307 g/mol. The predicted octanol–water partition coefficient (Wildman–Crippen LogP) is 3.65. The van der Waals surface area contributed by atoms with Crippen molar-refractivity contribution in [2.45, 2.75) is 6.18 Å². The first-order chi connectivity index (χ1) is 7.80. The standard InChI is InChI=1S/C10H5BrF3NO2/c11-6-2-1-5(10(12,13)14)4-3-7(9(16)17)15-8(4)6/h1-3,15H,(H,16,17). The van der Waals surface area contributed by atoms with E-state index in [2.05, 4.69) is 20.9 Å². The first kappa shape index (κ1) is 12.0. The summed E-state index contributed by atoms with van der Waals surface area (Å²) in [7, 11) is 0. The summed E-state index contributed by atoms with van der Waals surface area (Å²) in [6.07, 6.45) is -4.52. The van der Waals surface area contributed by atoms with Crippen LogP contribution in [0.2, 0.25) is 0 Å². The van der Waals surface area contributed by atoms with Crippen molar-refractivity contribution in [3.05, 3.63) is 33.9 Å². The Bertz CT molecular complexity index is 603. The van der Waals surface area contributed by atoms with E-state index in [0.717, 1.165) is 12.1 Å². The molecule has 0 atom stereocenters. The third-order valence-electron chi connectivity index (χ3n) is 2.28. The van der Waals surface area contributed by atoms with Gasteiger partial charge in [-0.05, 0) is 34.1 Å². The third kappa shape index (κ3) is 2.02. The van der Waals surface area contributed by atoms with E-state index in [1.165, 1.54) is 6.07 Å². The zero-order valence-electron chi connectivity index (χ0n) is 8.10. The maximum absolute atomic E-state index is 12.7. The minimum absolute atomic E-state index is 0.122. The quantitative estimate of drug-likeness (QED) is 0.845. The molecule has 2 aromatic rings. The van der Waals surface area contributed by atoms with E-state index in [0.29, 0.717) is 4.47 Å². The van der Waals surface area contributed by atoms with Gasteiger partial charge in [-0.3, -0.25) is 0 Å². The smallest absolute Gasteiger partial charge is 0.417 e. The van der Waals surface area contributed by atoms with Crippen molar-refractivity contribution in [3.8, 4) is 0 Å². The molecule has 0 saturated heterocycles. The number of nitrogens with one attached hydrogen (secondary N) is 1. The molecule has 0 aliphatic heterocycles. The summed E-state index contributed by atoms with van der Waals surface area (Å²) in [5.41, 5.74) is -1.02. The molecule has 0 bridgehead atoms. The minimum atomic E-state index is -4.52. The summed E-state index contributed by atoms with van der Waals surface area (Å²) >= 11 is 3.07. The molecule has 2 N–H and O–H groups in total. The number of benzene rings is 1. The largest absolute Gasteiger partial charge is 0.477 e. The van der Waals surface area contributed by atoms with Crippen molar-refractivity contribution in [2.24, 2.45) is 0 Å². The normalized spacial score (nSPS) is 12.0. The van der Waals surface area contributed by atoms with E-state index in [9.17, 15) is 18.0 Å². The van der Waals surface area contributed by atoms with Gasteiger partial charge >= 0.3 is 12.1 Å². The van der Waals surface area contributed by atoms with Gasteiger partial charge in [-0.2, -0.15) is 13.2 Å². The van der Waals surface area contributed by atoms with E-state index < -0.39 is 17.7 Å². The second-order valence-corrected chi connectivity index (χ2v) is 4.22. The number of carbonyl (C=O) groups is 1. The predicted molar refractivity (Wildman–Crippen MR) is 58.0 cm³/mol. The van der Waals surface area contributed by atoms with Gasteiger partial charge in [0.05, 0.1) is 11.1 Å². The number of aromatic amines is 1. The first-order valence-electron chi connectivity index (χ1n) is 4.42. The molecule has 17 heavy (non-hydrogen) atoms. The summed E-state index contributed by atoms with van der Waals surface area (Å²) < 4.78 is 38.4. The molecule has 90 valence electrons. The van der Waals surface area contributed by atoms with Crippen LogP contribution >= 0.6 is 15.9 Å². The third-order valence-corrected chi connectivity index (χ3v) is 2.94. The number of fused-ring (bicyclic) bond motifs is 1. The van der Waals surface area contributed by atoms with Crippen LogP contribution in [0.15, 0.2) is 22.7 Å². The number of carboxylic acids is 1. The van der Waals surface area contributed by atoms with Crippen LogP contribution in [0.25, 0.3) is 10.9 Å². The van der Waals surface area contributed by atoms with Gasteiger partial charge in [-0.1, -0.05) is 0 Å². The zero-order chi connectivity index (χ0) is 12.8. The molecule has 1 heterocycles. The van der Waals surface area contributed by atoms with Gasteiger partial charge in [0.25, 0.3) is 0 Å². The van der Waals surface area contributed by atoms with Crippen molar-refractivity contribution in [1.29, 1.82) is 0 Å². The van der Waals surface area contributed by atoms with Crippen LogP contribution in [0.3, 0.4) is 0 Å². The molecule has 7 heteroatoms. The maximum atomic E-state index is 12.7. The number of halogens is 4. The molecule has 0 unspecified atom stereocenters. The molecular weight excluding hydrogens is 303 g/mol. The van der Waals surface area contributed by atoms with E-state index in [4.69, 9.17) is 5.11 Å². The Morgan fingerprint density at radius 3 is 2.53 bits per heavy atom. The van der Waals surface area contributed by atoms with Crippen LogP contribution in [0.5, 0.6) is 0 Å². The van der Waals surface area contributed by atoms with Gasteiger partial charge in [0.15, 0.2) is 0 Å². The van der Waals surface area contributed by atoms with E-state index in [1.54, 1.807) is 0 Å². The van der Waals surface area contributed by atoms with Crippen molar-refractivity contribution in [3.63, 3.8) is 0 Å². The Labute approximate surface area is 101 Å². The number of aromatic nitrogens is 1. The van der Waals surface area contributed by atoms with Gasteiger partial charge in [0, 0.05) is 9.86 Å². The number of hydrogen-bond acceptors (Lipinski definition) is 1. The Kier molecular flexibility index (Phi) is 2.65. The highest BCUT2D eigenvalue weighted by atomic mass is 79.9. The van der Waals surface area contributed by atoms with Crippen molar-refractivity contribution in [1.82, 2.24) is 4.98 Å². The summed E-state index contributed by atoms with van der Waals surface area (Å²) in [6, 6.07) is 3.12. The number of H-pyrrole nitrogens is 1. The number of rotatable bonds is 1. The molecular formula is C10H5BrF3NO2. The van der Waals surface area contributed by atoms with Crippen LogP contribution < -0.4 is 0 Å². The Morgan fingerprint density at radius 1 is 1.35 bits per heavy atom. The fourth-order valence-electron chi connectivity index (χ4n) is 1.55. The molecule has 0 spiro atoms. The molecule has 0 radical (unpaired) electrons. The number of hydrogen-bond donors (Lipinski definition) is 2. The number of alkyl halides is 3. The lowest BCUT2D eigenvalue weighted by Crippen LogP contribution is -2.05. The average molecular weight is 308 g/mol. The highest BCUT2D eigenvalue weighted by Gasteiger charge is 2.33.